The van der Waals surface area contributed by atoms with E-state index in [1.165, 1.54) is 4.90 Å². The van der Waals surface area contributed by atoms with Crippen molar-refractivity contribution in [3.63, 3.8) is 0 Å². The van der Waals surface area contributed by atoms with E-state index in [9.17, 15) is 9.59 Å². The van der Waals surface area contributed by atoms with E-state index >= 15 is 0 Å². The van der Waals surface area contributed by atoms with Gasteiger partial charge in [-0.05, 0) is 54.5 Å². The molecule has 0 bridgehead atoms. The van der Waals surface area contributed by atoms with Crippen molar-refractivity contribution in [3.8, 4) is 0 Å². The van der Waals surface area contributed by atoms with Gasteiger partial charge in [0.1, 0.15) is 6.54 Å². The summed E-state index contributed by atoms with van der Waals surface area (Å²) in [5, 5.41) is 5.24. The molecule has 1 aliphatic heterocycles. The van der Waals surface area contributed by atoms with E-state index in [1.54, 1.807) is 11.3 Å². The Bertz CT molecular complexity index is 1430. The molecule has 1 saturated heterocycles. The summed E-state index contributed by atoms with van der Waals surface area (Å²) in [6.07, 6.45) is 3.05. The zero-order valence-electron chi connectivity index (χ0n) is 18.6. The number of benzene rings is 2. The van der Waals surface area contributed by atoms with Crippen LogP contribution in [0.4, 0.5) is 5.69 Å². The second kappa shape index (κ2) is 7.78. The molecule has 0 radical (unpaired) electrons. The number of carbonyl (C=O) groups is 1. The van der Waals surface area contributed by atoms with Crippen LogP contribution >= 0.6 is 11.3 Å². The SMILES string of the molecule is Cc1nc2cc(NC(=O)C3CC34CC[NH+](Cc3cc5ccccc5[nH]c3=O)CC4)ccc2s1. The Balaban J connectivity index is 1.08. The van der Waals surface area contributed by atoms with Gasteiger partial charge in [-0.25, -0.2) is 4.98 Å². The third kappa shape index (κ3) is 3.85. The summed E-state index contributed by atoms with van der Waals surface area (Å²) in [5.41, 5.74) is 3.66. The molecule has 6 nitrogen and oxygen atoms in total. The van der Waals surface area contributed by atoms with E-state index in [4.69, 9.17) is 0 Å². The Hall–Kier alpha value is -3.03. The first-order valence-corrected chi connectivity index (χ1v) is 12.4. The molecular weight excluding hydrogens is 432 g/mol. The number of fused-ring (bicyclic) bond motifs is 2. The number of para-hydroxylation sites is 1. The fourth-order valence-electron chi connectivity index (χ4n) is 5.49. The first kappa shape index (κ1) is 20.6. The number of nitrogens with zero attached hydrogens (tertiary/aromatic N) is 1. The number of likely N-dealkylation sites (tertiary alicyclic amines) is 1. The summed E-state index contributed by atoms with van der Waals surface area (Å²) in [6, 6.07) is 15.9. The van der Waals surface area contributed by atoms with Gasteiger partial charge in [0.05, 0.1) is 33.9 Å². The number of aromatic amines is 1. The first-order valence-electron chi connectivity index (χ1n) is 11.6. The molecule has 1 amide bonds. The number of quaternary nitrogens is 1. The summed E-state index contributed by atoms with van der Waals surface area (Å²) in [4.78, 5) is 34.4. The van der Waals surface area contributed by atoms with Gasteiger partial charge in [-0.15, -0.1) is 11.3 Å². The Labute approximate surface area is 195 Å². The van der Waals surface area contributed by atoms with Gasteiger partial charge in [0, 0.05) is 30.0 Å². The third-order valence-electron chi connectivity index (χ3n) is 7.49. The lowest BCUT2D eigenvalue weighted by molar-refractivity contribution is -0.920. The first-order chi connectivity index (χ1) is 16.0. The summed E-state index contributed by atoms with van der Waals surface area (Å²) in [5.74, 6) is 0.228. The highest BCUT2D eigenvalue weighted by Gasteiger charge is 2.59. The number of rotatable bonds is 4. The van der Waals surface area contributed by atoms with Gasteiger partial charge in [-0.3, -0.25) is 9.59 Å². The molecule has 4 aromatic rings. The molecule has 3 N–H and O–H groups in total. The minimum absolute atomic E-state index is 0.0115. The van der Waals surface area contributed by atoms with Crippen molar-refractivity contribution >= 4 is 44.1 Å². The van der Waals surface area contributed by atoms with Gasteiger partial charge in [0.2, 0.25) is 5.91 Å². The Morgan fingerprint density at radius 3 is 2.88 bits per heavy atom. The minimum Gasteiger partial charge on any atom is -0.331 e. The number of hydrogen-bond acceptors (Lipinski definition) is 4. The van der Waals surface area contributed by atoms with Crippen molar-refractivity contribution in [2.24, 2.45) is 11.3 Å². The largest absolute Gasteiger partial charge is 0.331 e. The van der Waals surface area contributed by atoms with E-state index < -0.39 is 0 Å². The van der Waals surface area contributed by atoms with Gasteiger partial charge in [-0.2, -0.15) is 0 Å². The van der Waals surface area contributed by atoms with Crippen LogP contribution in [0.2, 0.25) is 0 Å². The van der Waals surface area contributed by atoms with E-state index in [-0.39, 0.29) is 22.8 Å². The number of anilines is 1. The molecule has 1 unspecified atom stereocenters. The second-order valence-electron chi connectivity index (χ2n) is 9.66. The molecule has 6 rings (SSSR count). The molecule has 1 spiro atoms. The number of H-pyrrole nitrogens is 1. The van der Waals surface area contributed by atoms with Crippen LogP contribution in [0.3, 0.4) is 0 Å². The molecule has 1 saturated carbocycles. The molecule has 168 valence electrons. The number of pyridine rings is 1. The number of amides is 1. The standard InChI is InChI=1S/C26H26N4O2S/c1-16-27-22-13-19(6-7-23(22)33-16)28-25(32)20-14-26(20)8-10-30(11-9-26)15-18-12-17-4-2-3-5-21(17)29-24(18)31/h2-7,12-13,20H,8-11,14-15H2,1H3,(H,28,32)(H,29,31)/p+1. The van der Waals surface area contributed by atoms with E-state index in [0.717, 1.165) is 76.3 Å². The number of piperidine rings is 1. The van der Waals surface area contributed by atoms with Crippen LogP contribution in [0.25, 0.3) is 21.1 Å². The maximum Gasteiger partial charge on any atom is 0.257 e. The minimum atomic E-state index is 0.0115. The van der Waals surface area contributed by atoms with E-state index in [1.807, 2.05) is 55.5 Å². The lowest BCUT2D eigenvalue weighted by Gasteiger charge is -2.30. The highest BCUT2D eigenvalue weighted by Crippen LogP contribution is 2.58. The van der Waals surface area contributed by atoms with E-state index in [0.29, 0.717) is 0 Å². The lowest BCUT2D eigenvalue weighted by Crippen LogP contribution is -3.12. The smallest absolute Gasteiger partial charge is 0.257 e. The van der Waals surface area contributed by atoms with Gasteiger partial charge in [0.25, 0.3) is 5.56 Å². The van der Waals surface area contributed by atoms with Gasteiger partial charge in [-0.1, -0.05) is 18.2 Å². The maximum atomic E-state index is 12.9. The number of aromatic nitrogens is 2. The molecule has 1 aliphatic carbocycles. The summed E-state index contributed by atoms with van der Waals surface area (Å²) >= 11 is 1.67. The van der Waals surface area contributed by atoms with Crippen LogP contribution in [-0.2, 0) is 11.3 Å². The van der Waals surface area contributed by atoms with Crippen molar-refractivity contribution in [2.75, 3.05) is 18.4 Å². The normalized spacial score (nSPS) is 24.4. The molecule has 2 aromatic heterocycles. The Morgan fingerprint density at radius 2 is 2.03 bits per heavy atom. The maximum absolute atomic E-state index is 12.9. The van der Waals surface area contributed by atoms with Crippen molar-refractivity contribution in [1.29, 1.82) is 0 Å². The fourth-order valence-corrected chi connectivity index (χ4v) is 6.30. The van der Waals surface area contributed by atoms with Crippen molar-refractivity contribution in [1.82, 2.24) is 9.97 Å². The highest BCUT2D eigenvalue weighted by atomic mass is 32.1. The third-order valence-corrected chi connectivity index (χ3v) is 8.44. The Morgan fingerprint density at radius 1 is 1.21 bits per heavy atom. The average molecular weight is 460 g/mol. The fraction of sp³-hybridized carbons (Fsp3) is 0.346. The zero-order chi connectivity index (χ0) is 22.6. The summed E-state index contributed by atoms with van der Waals surface area (Å²) < 4.78 is 1.15. The second-order valence-corrected chi connectivity index (χ2v) is 10.9. The van der Waals surface area contributed by atoms with Crippen LogP contribution in [0.15, 0.2) is 53.3 Å². The number of hydrogen-bond donors (Lipinski definition) is 3. The number of carbonyl (C=O) groups excluding carboxylic acids is 1. The molecule has 2 fully saturated rings. The van der Waals surface area contributed by atoms with Crippen molar-refractivity contribution in [2.45, 2.75) is 32.7 Å². The van der Waals surface area contributed by atoms with Gasteiger partial charge < -0.3 is 15.2 Å². The van der Waals surface area contributed by atoms with E-state index in [2.05, 4.69) is 15.3 Å². The molecule has 2 aliphatic rings. The van der Waals surface area contributed by atoms with Gasteiger partial charge in [0.15, 0.2) is 0 Å². The van der Waals surface area contributed by atoms with Crippen molar-refractivity contribution < 1.29 is 9.69 Å². The lowest BCUT2D eigenvalue weighted by atomic mass is 9.90. The van der Waals surface area contributed by atoms with Crippen LogP contribution in [0, 0.1) is 18.3 Å². The molecule has 1 atom stereocenters. The summed E-state index contributed by atoms with van der Waals surface area (Å²) in [7, 11) is 0. The van der Waals surface area contributed by atoms with Crippen LogP contribution < -0.4 is 15.8 Å². The predicted octanol–water partition coefficient (Wildman–Crippen LogP) is 3.27. The van der Waals surface area contributed by atoms with Crippen LogP contribution in [-0.4, -0.2) is 29.0 Å². The van der Waals surface area contributed by atoms with Crippen LogP contribution in [0.5, 0.6) is 0 Å². The number of nitrogens with one attached hydrogen (secondary N) is 3. The number of thiazole rings is 1. The molecule has 33 heavy (non-hydrogen) atoms. The van der Waals surface area contributed by atoms with Gasteiger partial charge >= 0.3 is 0 Å². The van der Waals surface area contributed by atoms with Crippen molar-refractivity contribution in [3.05, 3.63) is 69.5 Å². The van der Waals surface area contributed by atoms with Crippen LogP contribution in [0.1, 0.15) is 29.8 Å². The quantitative estimate of drug-likeness (QED) is 0.438. The topological polar surface area (TPSA) is 79.3 Å². The molecule has 7 heteroatoms. The highest BCUT2D eigenvalue weighted by molar-refractivity contribution is 7.18. The average Bonchev–Trinajstić information content (AvgIpc) is 3.38. The molecular formula is C26H27N4O2S+. The zero-order valence-corrected chi connectivity index (χ0v) is 19.4. The molecule has 2 aromatic carbocycles. The monoisotopic (exact) mass is 459 g/mol. The Kier molecular flexibility index (Phi) is 4.85. The summed E-state index contributed by atoms with van der Waals surface area (Å²) in [6.45, 7) is 4.74. The molecule has 3 heterocycles. The number of aryl methyl sites for hydroxylation is 1. The predicted molar refractivity (Wildman–Crippen MR) is 132 cm³/mol.